The highest BCUT2D eigenvalue weighted by Crippen LogP contribution is 2.18. The Balaban J connectivity index is 1.50. The summed E-state index contributed by atoms with van der Waals surface area (Å²) in [6.07, 6.45) is 0. The lowest BCUT2D eigenvalue weighted by Gasteiger charge is -2.35. The molecule has 3 rings (SSSR count). The number of nitrogens with zero attached hydrogens (tertiary/aromatic N) is 2. The third-order valence-corrected chi connectivity index (χ3v) is 4.66. The second kappa shape index (κ2) is 8.15. The van der Waals surface area contributed by atoms with E-state index in [-0.39, 0.29) is 11.7 Å². The number of Topliss-reactive ketones (excluding diaryl/α,β-unsaturated/α-hetero) is 1. The fourth-order valence-corrected chi connectivity index (χ4v) is 3.21. The van der Waals surface area contributed by atoms with Crippen molar-refractivity contribution in [1.82, 2.24) is 4.90 Å². The molecular weight excluding hydrogens is 326 g/mol. The third kappa shape index (κ3) is 4.70. The summed E-state index contributed by atoms with van der Waals surface area (Å²) in [5, 5.41) is 2.89. The summed E-state index contributed by atoms with van der Waals surface area (Å²) in [4.78, 5) is 28.3. The lowest BCUT2D eigenvalue weighted by Crippen LogP contribution is -2.48. The van der Waals surface area contributed by atoms with Crippen molar-refractivity contribution in [3.8, 4) is 0 Å². The van der Waals surface area contributed by atoms with Crippen LogP contribution in [0.3, 0.4) is 0 Å². The van der Waals surface area contributed by atoms with Gasteiger partial charge < -0.3 is 10.2 Å². The zero-order valence-electron chi connectivity index (χ0n) is 15.4. The molecule has 136 valence electrons. The van der Waals surface area contributed by atoms with Crippen molar-refractivity contribution in [1.29, 1.82) is 0 Å². The van der Waals surface area contributed by atoms with E-state index in [1.807, 2.05) is 0 Å². The van der Waals surface area contributed by atoms with Crippen molar-refractivity contribution >= 4 is 23.1 Å². The smallest absolute Gasteiger partial charge is 0.238 e. The van der Waals surface area contributed by atoms with Gasteiger partial charge in [-0.05, 0) is 43.7 Å². The summed E-state index contributed by atoms with van der Waals surface area (Å²) >= 11 is 0. The average molecular weight is 351 g/mol. The van der Waals surface area contributed by atoms with Crippen LogP contribution >= 0.6 is 0 Å². The number of ketones is 1. The maximum absolute atomic E-state index is 12.3. The van der Waals surface area contributed by atoms with Gasteiger partial charge in [-0.2, -0.15) is 0 Å². The molecule has 0 unspecified atom stereocenters. The van der Waals surface area contributed by atoms with Gasteiger partial charge in [-0.3, -0.25) is 14.5 Å². The lowest BCUT2D eigenvalue weighted by molar-refractivity contribution is -0.117. The summed E-state index contributed by atoms with van der Waals surface area (Å²) in [5.74, 6) is -0.0527. The number of hydrogen-bond donors (Lipinski definition) is 1. The first-order valence-electron chi connectivity index (χ1n) is 8.96. The summed E-state index contributed by atoms with van der Waals surface area (Å²) in [7, 11) is 0. The summed E-state index contributed by atoms with van der Waals surface area (Å²) in [5.41, 5.74) is 3.78. The van der Waals surface area contributed by atoms with Gasteiger partial charge in [0.15, 0.2) is 5.78 Å². The molecule has 1 saturated heterocycles. The fourth-order valence-electron chi connectivity index (χ4n) is 3.21. The minimum absolute atomic E-state index is 0.00614. The minimum atomic E-state index is -0.0466. The van der Waals surface area contributed by atoms with E-state index in [1.165, 1.54) is 18.2 Å². The van der Waals surface area contributed by atoms with Gasteiger partial charge >= 0.3 is 0 Å². The van der Waals surface area contributed by atoms with Crippen LogP contribution in [-0.4, -0.2) is 49.3 Å². The molecule has 5 heteroatoms. The van der Waals surface area contributed by atoms with Gasteiger partial charge in [0.05, 0.1) is 6.54 Å². The Morgan fingerprint density at radius 3 is 2.42 bits per heavy atom. The van der Waals surface area contributed by atoms with Crippen molar-refractivity contribution in [2.75, 3.05) is 42.9 Å². The Hall–Kier alpha value is -2.66. The molecule has 1 N–H and O–H groups in total. The van der Waals surface area contributed by atoms with Crippen LogP contribution in [0, 0.1) is 6.92 Å². The van der Waals surface area contributed by atoms with E-state index in [0.29, 0.717) is 17.8 Å². The largest absolute Gasteiger partial charge is 0.369 e. The molecular formula is C21H25N3O2. The van der Waals surface area contributed by atoms with Gasteiger partial charge in [0.2, 0.25) is 5.91 Å². The number of carbonyl (C=O) groups is 2. The zero-order valence-corrected chi connectivity index (χ0v) is 15.4. The molecule has 0 aliphatic carbocycles. The third-order valence-electron chi connectivity index (χ3n) is 4.66. The SMILES string of the molecule is CC(=O)c1cccc(NC(=O)CN2CCN(c3cccc(C)c3)CC2)c1. The van der Waals surface area contributed by atoms with Crippen LogP contribution in [-0.2, 0) is 4.79 Å². The summed E-state index contributed by atoms with van der Waals surface area (Å²) in [6.45, 7) is 7.53. The number of benzene rings is 2. The van der Waals surface area contributed by atoms with E-state index in [2.05, 4.69) is 46.3 Å². The molecule has 0 bridgehead atoms. The van der Waals surface area contributed by atoms with Crippen molar-refractivity contribution < 1.29 is 9.59 Å². The predicted molar refractivity (Wildman–Crippen MR) is 105 cm³/mol. The lowest BCUT2D eigenvalue weighted by atomic mass is 10.1. The van der Waals surface area contributed by atoms with Crippen LogP contribution in [0.2, 0.25) is 0 Å². The molecule has 0 spiro atoms. The van der Waals surface area contributed by atoms with Gasteiger partial charge in [0, 0.05) is 43.1 Å². The van der Waals surface area contributed by atoms with Gasteiger partial charge in [-0.25, -0.2) is 0 Å². The van der Waals surface area contributed by atoms with E-state index in [0.717, 1.165) is 26.2 Å². The minimum Gasteiger partial charge on any atom is -0.369 e. The molecule has 1 aliphatic rings. The maximum atomic E-state index is 12.3. The van der Waals surface area contributed by atoms with Crippen LogP contribution in [0.1, 0.15) is 22.8 Å². The van der Waals surface area contributed by atoms with Crippen LogP contribution < -0.4 is 10.2 Å². The Morgan fingerprint density at radius 2 is 1.73 bits per heavy atom. The van der Waals surface area contributed by atoms with Gasteiger partial charge in [0.1, 0.15) is 0 Å². The molecule has 0 atom stereocenters. The number of nitrogens with one attached hydrogen (secondary N) is 1. The Bertz CT molecular complexity index is 795. The van der Waals surface area contributed by atoms with Gasteiger partial charge in [-0.1, -0.05) is 24.3 Å². The monoisotopic (exact) mass is 351 g/mol. The normalized spacial score (nSPS) is 14.9. The second-order valence-corrected chi connectivity index (χ2v) is 6.79. The highest BCUT2D eigenvalue weighted by molar-refractivity contribution is 5.97. The first kappa shape index (κ1) is 18.1. The molecule has 5 nitrogen and oxygen atoms in total. The van der Waals surface area contributed by atoms with Gasteiger partial charge in [-0.15, -0.1) is 0 Å². The molecule has 1 fully saturated rings. The number of piperazine rings is 1. The first-order chi connectivity index (χ1) is 12.5. The van der Waals surface area contributed by atoms with E-state index in [9.17, 15) is 9.59 Å². The summed E-state index contributed by atoms with van der Waals surface area (Å²) in [6, 6.07) is 15.6. The molecule has 0 saturated carbocycles. The molecule has 1 heterocycles. The van der Waals surface area contributed by atoms with Crippen LogP contribution in [0.4, 0.5) is 11.4 Å². The molecule has 26 heavy (non-hydrogen) atoms. The number of amides is 1. The Labute approximate surface area is 154 Å². The van der Waals surface area contributed by atoms with Crippen molar-refractivity contribution in [2.45, 2.75) is 13.8 Å². The van der Waals surface area contributed by atoms with E-state index in [1.54, 1.807) is 24.3 Å². The molecule has 2 aromatic rings. The van der Waals surface area contributed by atoms with Crippen LogP contribution in [0.5, 0.6) is 0 Å². The number of aryl methyl sites for hydroxylation is 1. The quantitative estimate of drug-likeness (QED) is 0.842. The average Bonchev–Trinajstić information content (AvgIpc) is 2.62. The van der Waals surface area contributed by atoms with Crippen molar-refractivity contribution in [2.24, 2.45) is 0 Å². The standard InChI is InChI=1S/C21H25N3O2/c1-16-5-3-8-20(13-16)24-11-9-23(10-12-24)15-21(26)22-19-7-4-6-18(14-19)17(2)25/h3-8,13-14H,9-12,15H2,1-2H3,(H,22,26). The molecule has 1 amide bonds. The van der Waals surface area contributed by atoms with Crippen LogP contribution in [0.15, 0.2) is 48.5 Å². The Kier molecular flexibility index (Phi) is 5.68. The van der Waals surface area contributed by atoms with Crippen LogP contribution in [0.25, 0.3) is 0 Å². The van der Waals surface area contributed by atoms with Gasteiger partial charge in [0.25, 0.3) is 0 Å². The number of hydrogen-bond acceptors (Lipinski definition) is 4. The van der Waals surface area contributed by atoms with E-state index >= 15 is 0 Å². The van der Waals surface area contributed by atoms with E-state index < -0.39 is 0 Å². The van der Waals surface area contributed by atoms with Crippen molar-refractivity contribution in [3.05, 3.63) is 59.7 Å². The summed E-state index contributed by atoms with van der Waals surface area (Å²) < 4.78 is 0. The maximum Gasteiger partial charge on any atom is 0.238 e. The fraction of sp³-hybridized carbons (Fsp3) is 0.333. The second-order valence-electron chi connectivity index (χ2n) is 6.79. The molecule has 1 aliphatic heterocycles. The molecule has 0 radical (unpaired) electrons. The molecule has 2 aromatic carbocycles. The first-order valence-corrected chi connectivity index (χ1v) is 8.96. The molecule has 0 aromatic heterocycles. The van der Waals surface area contributed by atoms with Crippen molar-refractivity contribution in [3.63, 3.8) is 0 Å². The number of anilines is 2. The number of carbonyl (C=O) groups excluding carboxylic acids is 2. The Morgan fingerprint density at radius 1 is 1.00 bits per heavy atom. The highest BCUT2D eigenvalue weighted by Gasteiger charge is 2.19. The predicted octanol–water partition coefficient (Wildman–Crippen LogP) is 2.96. The zero-order chi connectivity index (χ0) is 18.5. The topological polar surface area (TPSA) is 52.7 Å². The van der Waals surface area contributed by atoms with E-state index in [4.69, 9.17) is 0 Å². The number of rotatable bonds is 5. The highest BCUT2D eigenvalue weighted by atomic mass is 16.2.